The van der Waals surface area contributed by atoms with Gasteiger partial charge >= 0.3 is 0 Å². The number of aromatic nitrogens is 3. The van der Waals surface area contributed by atoms with Crippen LogP contribution in [-0.2, 0) is 11.3 Å². The predicted octanol–water partition coefficient (Wildman–Crippen LogP) is 4.39. The average Bonchev–Trinajstić information content (AvgIpc) is 3.48. The van der Waals surface area contributed by atoms with Crippen molar-refractivity contribution in [3.63, 3.8) is 0 Å². The smallest absolute Gasteiger partial charge is 0.234 e. The molecule has 1 N–H and O–H groups in total. The Hall–Kier alpha value is -3.72. The number of nitrogens with one attached hydrogen (secondary N) is 1. The van der Waals surface area contributed by atoms with Gasteiger partial charge in [-0.15, -0.1) is 10.2 Å². The van der Waals surface area contributed by atoms with Crippen LogP contribution in [0, 0.1) is 0 Å². The van der Waals surface area contributed by atoms with Crippen LogP contribution in [0.3, 0.4) is 0 Å². The summed E-state index contributed by atoms with van der Waals surface area (Å²) in [5.41, 5.74) is 2.68. The number of anilines is 2. The van der Waals surface area contributed by atoms with E-state index in [4.69, 9.17) is 9.15 Å². The van der Waals surface area contributed by atoms with Crippen molar-refractivity contribution in [3.05, 3.63) is 72.7 Å². The Morgan fingerprint density at radius 2 is 1.94 bits per heavy atom. The molecule has 33 heavy (non-hydrogen) atoms. The highest BCUT2D eigenvalue weighted by molar-refractivity contribution is 7.99. The topological polar surface area (TPSA) is 85.4 Å². The first-order valence-corrected chi connectivity index (χ1v) is 11.3. The van der Waals surface area contributed by atoms with E-state index in [0.29, 0.717) is 17.5 Å². The molecule has 0 aliphatic carbocycles. The molecule has 0 unspecified atom stereocenters. The number of furan rings is 1. The quantitative estimate of drug-likeness (QED) is 0.369. The van der Waals surface area contributed by atoms with Gasteiger partial charge in [-0.25, -0.2) is 0 Å². The van der Waals surface area contributed by atoms with Crippen LogP contribution in [0.4, 0.5) is 11.4 Å². The van der Waals surface area contributed by atoms with Crippen LogP contribution in [0.15, 0.2) is 76.5 Å². The van der Waals surface area contributed by atoms with Gasteiger partial charge in [0.1, 0.15) is 11.5 Å². The molecule has 0 aliphatic rings. The molecule has 0 saturated heterocycles. The molecule has 170 valence electrons. The van der Waals surface area contributed by atoms with E-state index in [1.54, 1.807) is 13.4 Å². The Morgan fingerprint density at radius 3 is 2.64 bits per heavy atom. The first-order chi connectivity index (χ1) is 16.0. The molecular weight excluding hydrogens is 438 g/mol. The number of hydrogen-bond donors (Lipinski definition) is 1. The second-order valence-corrected chi connectivity index (χ2v) is 8.42. The van der Waals surface area contributed by atoms with E-state index >= 15 is 0 Å². The van der Waals surface area contributed by atoms with E-state index in [2.05, 4.69) is 15.5 Å². The molecule has 8 nitrogen and oxygen atoms in total. The minimum absolute atomic E-state index is 0.118. The van der Waals surface area contributed by atoms with Crippen molar-refractivity contribution < 1.29 is 13.9 Å². The van der Waals surface area contributed by atoms with Gasteiger partial charge in [-0.3, -0.25) is 9.36 Å². The second kappa shape index (κ2) is 10.3. The third-order valence-corrected chi connectivity index (χ3v) is 5.91. The van der Waals surface area contributed by atoms with E-state index < -0.39 is 0 Å². The molecule has 4 rings (SSSR count). The molecule has 1 amide bonds. The Labute approximate surface area is 196 Å². The molecule has 0 atom stereocenters. The van der Waals surface area contributed by atoms with Gasteiger partial charge in [0.05, 0.1) is 25.7 Å². The fourth-order valence-corrected chi connectivity index (χ4v) is 3.98. The highest BCUT2D eigenvalue weighted by Crippen LogP contribution is 2.28. The van der Waals surface area contributed by atoms with Gasteiger partial charge in [-0.1, -0.05) is 23.9 Å². The Bertz CT molecular complexity index is 1200. The predicted molar refractivity (Wildman–Crippen MR) is 130 cm³/mol. The fraction of sp³-hybridized carbons (Fsp3) is 0.208. The fourth-order valence-electron chi connectivity index (χ4n) is 3.24. The summed E-state index contributed by atoms with van der Waals surface area (Å²) < 4.78 is 12.8. The maximum atomic E-state index is 12.6. The highest BCUT2D eigenvalue weighted by atomic mass is 32.2. The largest absolute Gasteiger partial charge is 0.497 e. The van der Waals surface area contributed by atoms with E-state index in [9.17, 15) is 4.79 Å². The normalized spacial score (nSPS) is 10.8. The highest BCUT2D eigenvalue weighted by Gasteiger charge is 2.17. The zero-order valence-electron chi connectivity index (χ0n) is 18.7. The molecule has 2 heterocycles. The van der Waals surface area contributed by atoms with E-state index in [1.165, 1.54) is 11.8 Å². The monoisotopic (exact) mass is 463 g/mol. The van der Waals surface area contributed by atoms with Crippen molar-refractivity contribution in [1.29, 1.82) is 0 Å². The lowest BCUT2D eigenvalue weighted by Gasteiger charge is -2.13. The molecule has 2 aromatic heterocycles. The third-order valence-electron chi connectivity index (χ3n) is 4.94. The SMILES string of the molecule is COc1cccc(-c2nnc(SCC(=O)Nc3ccc(N(C)C)cc3)n2Cc2ccco2)c1. The Kier molecular flexibility index (Phi) is 6.99. The summed E-state index contributed by atoms with van der Waals surface area (Å²) in [6, 6.07) is 19.1. The molecular formula is C24H25N5O3S. The first kappa shape index (κ1) is 22.5. The van der Waals surface area contributed by atoms with Gasteiger partial charge in [0.25, 0.3) is 0 Å². The molecule has 9 heteroatoms. The van der Waals surface area contributed by atoms with Crippen LogP contribution in [0.5, 0.6) is 5.75 Å². The van der Waals surface area contributed by atoms with E-state index in [-0.39, 0.29) is 11.7 Å². The molecule has 0 aliphatic heterocycles. The van der Waals surface area contributed by atoms with E-state index in [0.717, 1.165) is 28.4 Å². The van der Waals surface area contributed by atoms with Crippen LogP contribution in [0.25, 0.3) is 11.4 Å². The van der Waals surface area contributed by atoms with Gasteiger partial charge in [0.2, 0.25) is 5.91 Å². The molecule has 2 aromatic carbocycles. The van der Waals surface area contributed by atoms with Crippen molar-refractivity contribution in [2.45, 2.75) is 11.7 Å². The first-order valence-electron chi connectivity index (χ1n) is 10.3. The number of benzene rings is 2. The summed E-state index contributed by atoms with van der Waals surface area (Å²) in [7, 11) is 5.58. The summed E-state index contributed by atoms with van der Waals surface area (Å²) in [6.45, 7) is 0.447. The molecule has 0 bridgehead atoms. The van der Waals surface area contributed by atoms with Crippen LogP contribution < -0.4 is 15.0 Å². The van der Waals surface area contributed by atoms with E-state index in [1.807, 2.05) is 84.2 Å². The van der Waals surface area contributed by atoms with Crippen molar-refractivity contribution >= 4 is 29.0 Å². The van der Waals surface area contributed by atoms with Crippen LogP contribution in [0.2, 0.25) is 0 Å². The lowest BCUT2D eigenvalue weighted by Crippen LogP contribution is -2.15. The zero-order chi connectivity index (χ0) is 23.2. The minimum Gasteiger partial charge on any atom is -0.497 e. The Morgan fingerprint density at radius 1 is 1.12 bits per heavy atom. The number of methoxy groups -OCH3 is 1. The zero-order valence-corrected chi connectivity index (χ0v) is 19.5. The van der Waals surface area contributed by atoms with Gasteiger partial charge in [-0.05, 0) is 48.5 Å². The molecule has 0 fully saturated rings. The van der Waals surface area contributed by atoms with Crippen molar-refractivity contribution in [2.75, 3.05) is 37.2 Å². The lowest BCUT2D eigenvalue weighted by atomic mass is 10.2. The lowest BCUT2D eigenvalue weighted by molar-refractivity contribution is -0.113. The summed E-state index contributed by atoms with van der Waals surface area (Å²) in [4.78, 5) is 14.6. The van der Waals surface area contributed by atoms with Crippen molar-refractivity contribution in [3.8, 4) is 17.1 Å². The number of carbonyl (C=O) groups excluding carboxylic acids is 1. The minimum atomic E-state index is -0.118. The third kappa shape index (κ3) is 5.56. The van der Waals surface area contributed by atoms with Gasteiger partial charge in [-0.2, -0.15) is 0 Å². The van der Waals surface area contributed by atoms with Gasteiger partial charge in [0, 0.05) is 31.0 Å². The number of thioether (sulfide) groups is 1. The maximum absolute atomic E-state index is 12.6. The second-order valence-electron chi connectivity index (χ2n) is 7.48. The average molecular weight is 464 g/mol. The van der Waals surface area contributed by atoms with Crippen LogP contribution in [-0.4, -0.2) is 47.6 Å². The molecule has 0 radical (unpaired) electrons. The number of hydrogen-bond acceptors (Lipinski definition) is 7. The molecule has 4 aromatic rings. The van der Waals surface area contributed by atoms with Gasteiger partial charge < -0.3 is 19.4 Å². The number of ether oxygens (including phenoxy) is 1. The summed E-state index contributed by atoms with van der Waals surface area (Å²) in [5.74, 6) is 2.25. The van der Waals surface area contributed by atoms with Crippen molar-refractivity contribution in [1.82, 2.24) is 14.8 Å². The molecule has 0 spiro atoms. The summed E-state index contributed by atoms with van der Waals surface area (Å²) >= 11 is 1.33. The Balaban J connectivity index is 1.50. The molecule has 0 saturated carbocycles. The number of carbonyl (C=O) groups is 1. The van der Waals surface area contributed by atoms with Crippen LogP contribution >= 0.6 is 11.8 Å². The number of amides is 1. The van der Waals surface area contributed by atoms with Crippen LogP contribution in [0.1, 0.15) is 5.76 Å². The summed E-state index contributed by atoms with van der Waals surface area (Å²) in [5, 5.41) is 12.3. The standard InChI is InChI=1S/C24H25N5O3S/c1-28(2)19-11-9-18(10-12-19)25-22(30)16-33-24-27-26-23(17-6-4-7-20(14-17)31-3)29(24)15-21-8-5-13-32-21/h4-14H,15-16H2,1-3H3,(H,25,30). The van der Waals surface area contributed by atoms with Crippen molar-refractivity contribution in [2.24, 2.45) is 0 Å². The maximum Gasteiger partial charge on any atom is 0.234 e. The summed E-state index contributed by atoms with van der Waals surface area (Å²) in [6.07, 6.45) is 1.63. The number of nitrogens with zero attached hydrogens (tertiary/aromatic N) is 4. The van der Waals surface area contributed by atoms with Gasteiger partial charge in [0.15, 0.2) is 11.0 Å². The number of rotatable bonds is 9.